The number of ether oxygens (including phenoxy) is 2. The largest absolute Gasteiger partial charge is 0.493 e. The van der Waals surface area contributed by atoms with Gasteiger partial charge in [-0.2, -0.15) is 5.48 Å². The Morgan fingerprint density at radius 2 is 2.12 bits per heavy atom. The zero-order valence-electron chi connectivity index (χ0n) is 10.4. The summed E-state index contributed by atoms with van der Waals surface area (Å²) in [4.78, 5) is 4.87. The summed E-state index contributed by atoms with van der Waals surface area (Å²) in [5, 5.41) is 0. The van der Waals surface area contributed by atoms with Crippen LogP contribution >= 0.6 is 0 Å². The van der Waals surface area contributed by atoms with Crippen LogP contribution in [0.25, 0.3) is 0 Å². The van der Waals surface area contributed by atoms with E-state index in [9.17, 15) is 0 Å². The first-order valence-electron chi connectivity index (χ1n) is 5.93. The normalized spacial score (nSPS) is 15.4. The van der Waals surface area contributed by atoms with Crippen LogP contribution in [0.4, 0.5) is 0 Å². The molecule has 0 atom stereocenters. The summed E-state index contributed by atoms with van der Waals surface area (Å²) in [6, 6.07) is 5.89. The summed E-state index contributed by atoms with van der Waals surface area (Å²) in [6.07, 6.45) is 3.86. The van der Waals surface area contributed by atoms with Crippen LogP contribution in [0, 0.1) is 0 Å². The second-order valence-corrected chi connectivity index (χ2v) is 4.14. The van der Waals surface area contributed by atoms with Gasteiger partial charge in [0.25, 0.3) is 0 Å². The van der Waals surface area contributed by atoms with Crippen LogP contribution < -0.4 is 15.0 Å². The van der Waals surface area contributed by atoms with Crippen LogP contribution in [0.5, 0.6) is 11.5 Å². The molecule has 0 bridgehead atoms. The summed E-state index contributed by atoms with van der Waals surface area (Å²) in [5.41, 5.74) is 3.88. The molecule has 1 aromatic rings. The van der Waals surface area contributed by atoms with Gasteiger partial charge in [0.05, 0.1) is 20.3 Å². The third-order valence-corrected chi connectivity index (χ3v) is 3.02. The van der Waals surface area contributed by atoms with Gasteiger partial charge in [-0.1, -0.05) is 12.1 Å². The topological polar surface area (TPSA) is 39.7 Å². The second kappa shape index (κ2) is 5.89. The molecule has 0 radical (unpaired) electrons. The van der Waals surface area contributed by atoms with Crippen LogP contribution in [0.2, 0.25) is 0 Å². The van der Waals surface area contributed by atoms with Gasteiger partial charge in [-0.15, -0.1) is 0 Å². The highest BCUT2D eigenvalue weighted by Gasteiger charge is 2.22. The monoisotopic (exact) mass is 237 g/mol. The lowest BCUT2D eigenvalue weighted by atomic mass is 9.96. The summed E-state index contributed by atoms with van der Waals surface area (Å²) in [6.45, 7) is 0.607. The second-order valence-electron chi connectivity index (χ2n) is 4.14. The van der Waals surface area contributed by atoms with E-state index in [2.05, 4.69) is 5.48 Å². The van der Waals surface area contributed by atoms with Crippen molar-refractivity contribution in [1.82, 2.24) is 5.48 Å². The predicted molar refractivity (Wildman–Crippen MR) is 65.1 cm³/mol. The summed E-state index contributed by atoms with van der Waals surface area (Å²) in [5.74, 6) is 1.62. The number of rotatable bonds is 6. The Balaban J connectivity index is 2.16. The predicted octanol–water partition coefficient (Wildman–Crippen LogP) is 2.28. The lowest BCUT2D eigenvalue weighted by molar-refractivity contribution is 0.0822. The average molecular weight is 237 g/mol. The van der Waals surface area contributed by atoms with Crippen molar-refractivity contribution in [3.8, 4) is 11.5 Å². The summed E-state index contributed by atoms with van der Waals surface area (Å²) >= 11 is 0. The molecule has 1 saturated carbocycles. The van der Waals surface area contributed by atoms with Gasteiger partial charge in [0.15, 0.2) is 11.5 Å². The van der Waals surface area contributed by atoms with Gasteiger partial charge in [0, 0.05) is 12.1 Å². The molecule has 2 rings (SSSR count). The van der Waals surface area contributed by atoms with Gasteiger partial charge >= 0.3 is 0 Å². The average Bonchev–Trinajstić information content (AvgIpc) is 2.31. The maximum absolute atomic E-state index is 5.98. The molecule has 0 amide bonds. The smallest absolute Gasteiger partial charge is 0.166 e. The molecule has 17 heavy (non-hydrogen) atoms. The Hall–Kier alpha value is -1.26. The Morgan fingerprint density at radius 1 is 1.29 bits per heavy atom. The van der Waals surface area contributed by atoms with Crippen molar-refractivity contribution in [3.05, 3.63) is 23.8 Å². The standard InChI is InChI=1S/C13H19NO3/c1-15-12-8-3-5-10(9-14-16-2)13(12)17-11-6-4-7-11/h3,5,8,11,14H,4,6-7,9H2,1-2H3. The SMILES string of the molecule is CONCc1cccc(OC)c1OC1CCC1. The Labute approximate surface area is 102 Å². The van der Waals surface area contributed by atoms with E-state index in [1.54, 1.807) is 14.2 Å². The van der Waals surface area contributed by atoms with E-state index in [0.29, 0.717) is 12.6 Å². The van der Waals surface area contributed by atoms with Gasteiger partial charge in [-0.3, -0.25) is 0 Å². The number of methoxy groups -OCH3 is 1. The van der Waals surface area contributed by atoms with E-state index in [1.807, 2.05) is 18.2 Å². The zero-order valence-corrected chi connectivity index (χ0v) is 10.4. The van der Waals surface area contributed by atoms with E-state index < -0.39 is 0 Å². The molecule has 0 aromatic heterocycles. The molecule has 1 aliphatic rings. The van der Waals surface area contributed by atoms with Gasteiger partial charge in [0.1, 0.15) is 0 Å². The van der Waals surface area contributed by atoms with Crippen molar-refractivity contribution in [2.75, 3.05) is 14.2 Å². The lowest BCUT2D eigenvalue weighted by Crippen LogP contribution is -2.25. The Bertz CT molecular complexity index is 364. The number of para-hydroxylation sites is 1. The number of nitrogens with one attached hydrogen (secondary N) is 1. The fraction of sp³-hybridized carbons (Fsp3) is 0.538. The van der Waals surface area contributed by atoms with Crippen LogP contribution in [0.3, 0.4) is 0 Å². The molecule has 0 unspecified atom stereocenters. The number of benzene rings is 1. The molecule has 0 heterocycles. The highest BCUT2D eigenvalue weighted by atomic mass is 16.6. The molecule has 1 aliphatic carbocycles. The van der Waals surface area contributed by atoms with Gasteiger partial charge in [-0.25, -0.2) is 0 Å². The van der Waals surface area contributed by atoms with Gasteiger partial charge in [-0.05, 0) is 25.3 Å². The fourth-order valence-corrected chi connectivity index (χ4v) is 1.80. The van der Waals surface area contributed by atoms with E-state index in [1.165, 1.54) is 6.42 Å². The lowest BCUT2D eigenvalue weighted by Gasteiger charge is -2.28. The van der Waals surface area contributed by atoms with E-state index in [4.69, 9.17) is 14.3 Å². The van der Waals surface area contributed by atoms with Crippen molar-refractivity contribution in [3.63, 3.8) is 0 Å². The maximum atomic E-state index is 5.98. The van der Waals surface area contributed by atoms with E-state index in [0.717, 1.165) is 29.9 Å². The number of hydrogen-bond acceptors (Lipinski definition) is 4. The number of hydroxylamine groups is 1. The summed E-state index contributed by atoms with van der Waals surface area (Å²) in [7, 11) is 3.27. The number of hydrogen-bond donors (Lipinski definition) is 1. The molecular weight excluding hydrogens is 218 g/mol. The molecule has 94 valence electrons. The minimum absolute atomic E-state index is 0.340. The molecule has 4 heteroatoms. The zero-order chi connectivity index (χ0) is 12.1. The molecule has 1 aromatic carbocycles. The van der Waals surface area contributed by atoms with Crippen LogP contribution in [-0.2, 0) is 11.4 Å². The van der Waals surface area contributed by atoms with Crippen molar-refractivity contribution < 1.29 is 14.3 Å². The molecular formula is C13H19NO3. The minimum atomic E-state index is 0.340. The Kier molecular flexibility index (Phi) is 4.23. The minimum Gasteiger partial charge on any atom is -0.493 e. The van der Waals surface area contributed by atoms with Crippen molar-refractivity contribution >= 4 is 0 Å². The Morgan fingerprint density at radius 3 is 2.71 bits per heavy atom. The maximum Gasteiger partial charge on any atom is 0.166 e. The third kappa shape index (κ3) is 2.90. The molecule has 4 nitrogen and oxygen atoms in total. The van der Waals surface area contributed by atoms with Crippen LogP contribution in [0.15, 0.2) is 18.2 Å². The first-order valence-corrected chi connectivity index (χ1v) is 5.93. The highest BCUT2D eigenvalue weighted by Crippen LogP contribution is 2.35. The van der Waals surface area contributed by atoms with Crippen molar-refractivity contribution in [2.45, 2.75) is 31.9 Å². The van der Waals surface area contributed by atoms with Gasteiger partial charge in [0.2, 0.25) is 0 Å². The van der Waals surface area contributed by atoms with Crippen LogP contribution in [-0.4, -0.2) is 20.3 Å². The molecule has 0 aliphatic heterocycles. The molecule has 0 saturated heterocycles. The van der Waals surface area contributed by atoms with E-state index in [-0.39, 0.29) is 0 Å². The molecule has 0 spiro atoms. The van der Waals surface area contributed by atoms with Crippen molar-refractivity contribution in [2.24, 2.45) is 0 Å². The third-order valence-electron chi connectivity index (χ3n) is 3.02. The van der Waals surface area contributed by atoms with Gasteiger partial charge < -0.3 is 14.3 Å². The van der Waals surface area contributed by atoms with E-state index >= 15 is 0 Å². The summed E-state index contributed by atoms with van der Waals surface area (Å²) < 4.78 is 11.3. The van der Waals surface area contributed by atoms with Crippen molar-refractivity contribution in [1.29, 1.82) is 0 Å². The molecule has 1 N–H and O–H groups in total. The first-order chi connectivity index (χ1) is 8.35. The quantitative estimate of drug-likeness (QED) is 0.770. The van der Waals surface area contributed by atoms with Crippen LogP contribution in [0.1, 0.15) is 24.8 Å². The first kappa shape index (κ1) is 12.2. The fourth-order valence-electron chi connectivity index (χ4n) is 1.80. The highest BCUT2D eigenvalue weighted by molar-refractivity contribution is 5.46. The molecule has 1 fully saturated rings.